The summed E-state index contributed by atoms with van der Waals surface area (Å²) in [7, 11) is 4.71. The minimum atomic E-state index is -0.264. The highest BCUT2D eigenvalue weighted by atomic mass is 16.2. The van der Waals surface area contributed by atoms with E-state index >= 15 is 0 Å². The fraction of sp³-hybridized carbons (Fsp3) is 0.667. The van der Waals surface area contributed by atoms with Gasteiger partial charge in [0.1, 0.15) is 0 Å². The standard InChI is InChI=1S/C6H13N3O2/c1-5(10)7-9(4)6(11)8(2)3/h1-4H3,(H,7,10). The Balaban J connectivity index is 3.93. The van der Waals surface area contributed by atoms with E-state index in [0.717, 1.165) is 5.01 Å². The zero-order valence-electron chi connectivity index (χ0n) is 7.21. The van der Waals surface area contributed by atoms with Crippen molar-refractivity contribution in [3.05, 3.63) is 0 Å². The van der Waals surface area contributed by atoms with Gasteiger partial charge in [-0.15, -0.1) is 0 Å². The highest BCUT2D eigenvalue weighted by Gasteiger charge is 2.10. The number of hydrazine groups is 1. The normalized spacial score (nSPS) is 8.73. The van der Waals surface area contributed by atoms with Gasteiger partial charge in [0.15, 0.2) is 0 Å². The molecule has 0 heterocycles. The summed E-state index contributed by atoms with van der Waals surface area (Å²) < 4.78 is 0. The van der Waals surface area contributed by atoms with Gasteiger partial charge in [0.25, 0.3) is 0 Å². The Morgan fingerprint density at radius 2 is 1.64 bits per heavy atom. The van der Waals surface area contributed by atoms with Crippen molar-refractivity contribution in [3.8, 4) is 0 Å². The third kappa shape index (κ3) is 3.44. The Labute approximate surface area is 65.9 Å². The number of nitrogens with one attached hydrogen (secondary N) is 1. The van der Waals surface area contributed by atoms with E-state index < -0.39 is 0 Å². The molecule has 0 atom stereocenters. The predicted molar refractivity (Wildman–Crippen MR) is 40.7 cm³/mol. The first-order chi connectivity index (χ1) is 4.95. The Bertz CT molecular complexity index is 167. The van der Waals surface area contributed by atoms with E-state index in [1.165, 1.54) is 18.9 Å². The largest absolute Gasteiger partial charge is 0.337 e. The first-order valence-corrected chi connectivity index (χ1v) is 3.17. The van der Waals surface area contributed by atoms with Gasteiger partial charge < -0.3 is 4.90 Å². The number of carbonyl (C=O) groups is 2. The molecule has 0 rings (SSSR count). The van der Waals surface area contributed by atoms with Gasteiger partial charge in [-0.05, 0) is 0 Å². The molecule has 0 bridgehead atoms. The van der Waals surface area contributed by atoms with Gasteiger partial charge in [-0.2, -0.15) is 0 Å². The Morgan fingerprint density at radius 3 is 1.91 bits per heavy atom. The lowest BCUT2D eigenvalue weighted by atomic mass is 10.7. The van der Waals surface area contributed by atoms with Crippen molar-refractivity contribution in [1.82, 2.24) is 15.3 Å². The molecule has 11 heavy (non-hydrogen) atoms. The van der Waals surface area contributed by atoms with Gasteiger partial charge in [-0.25, -0.2) is 9.80 Å². The number of urea groups is 1. The third-order valence-electron chi connectivity index (χ3n) is 0.995. The van der Waals surface area contributed by atoms with Crippen molar-refractivity contribution in [2.45, 2.75) is 6.92 Å². The summed E-state index contributed by atoms with van der Waals surface area (Å²) in [6.45, 7) is 1.35. The maximum atomic E-state index is 11.0. The maximum absolute atomic E-state index is 11.0. The molecule has 64 valence electrons. The van der Waals surface area contributed by atoms with Crippen LogP contribution in [0.4, 0.5) is 4.79 Å². The second-order valence-electron chi connectivity index (χ2n) is 2.40. The van der Waals surface area contributed by atoms with Gasteiger partial charge in [-0.3, -0.25) is 10.2 Å². The molecule has 5 nitrogen and oxygen atoms in total. The number of amides is 3. The van der Waals surface area contributed by atoms with E-state index in [-0.39, 0.29) is 11.9 Å². The number of hydrogen-bond acceptors (Lipinski definition) is 2. The smallest absolute Gasteiger partial charge is 0.329 e. The van der Waals surface area contributed by atoms with Gasteiger partial charge in [0, 0.05) is 28.1 Å². The van der Waals surface area contributed by atoms with Crippen molar-refractivity contribution in [3.63, 3.8) is 0 Å². The Hall–Kier alpha value is -1.26. The minimum absolute atomic E-state index is 0.261. The van der Waals surface area contributed by atoms with E-state index in [9.17, 15) is 9.59 Å². The molecular formula is C6H13N3O2. The summed E-state index contributed by atoms with van der Waals surface area (Å²) in [6, 6.07) is -0.264. The van der Waals surface area contributed by atoms with Crippen molar-refractivity contribution in [2.24, 2.45) is 0 Å². The number of rotatable bonds is 0. The average molecular weight is 159 g/mol. The molecule has 0 aromatic heterocycles. The van der Waals surface area contributed by atoms with E-state index in [0.29, 0.717) is 0 Å². The molecule has 1 N–H and O–H groups in total. The van der Waals surface area contributed by atoms with Crippen molar-refractivity contribution < 1.29 is 9.59 Å². The lowest BCUT2D eigenvalue weighted by Crippen LogP contribution is -2.46. The molecule has 0 aromatic carbocycles. The number of nitrogens with zero attached hydrogens (tertiary/aromatic N) is 2. The highest BCUT2D eigenvalue weighted by Crippen LogP contribution is 1.85. The topological polar surface area (TPSA) is 52.7 Å². The van der Waals surface area contributed by atoms with E-state index in [2.05, 4.69) is 5.43 Å². The van der Waals surface area contributed by atoms with Crippen LogP contribution in [-0.2, 0) is 4.79 Å². The summed E-state index contributed by atoms with van der Waals surface area (Å²) in [5.41, 5.74) is 2.33. The van der Waals surface area contributed by atoms with Crippen LogP contribution in [0.15, 0.2) is 0 Å². The van der Waals surface area contributed by atoms with Crippen molar-refractivity contribution in [2.75, 3.05) is 21.1 Å². The average Bonchev–Trinajstić information content (AvgIpc) is 1.84. The molecule has 0 aliphatic carbocycles. The van der Waals surface area contributed by atoms with Gasteiger partial charge >= 0.3 is 6.03 Å². The molecule has 0 unspecified atom stereocenters. The monoisotopic (exact) mass is 159 g/mol. The summed E-state index contributed by atoms with van der Waals surface area (Å²) in [6.07, 6.45) is 0. The molecule has 0 aliphatic rings. The first kappa shape index (κ1) is 9.74. The summed E-state index contributed by atoms with van der Waals surface area (Å²) in [5.74, 6) is -0.261. The van der Waals surface area contributed by atoms with Crippen molar-refractivity contribution in [1.29, 1.82) is 0 Å². The van der Waals surface area contributed by atoms with Crippen LogP contribution < -0.4 is 5.43 Å². The summed E-state index contributed by atoms with van der Waals surface area (Å²) >= 11 is 0. The predicted octanol–water partition coefficient (Wildman–Crippen LogP) is -0.349. The molecule has 5 heteroatoms. The van der Waals surface area contributed by atoms with Crippen LogP contribution >= 0.6 is 0 Å². The molecule has 0 fully saturated rings. The molecule has 0 aliphatic heterocycles. The van der Waals surface area contributed by atoms with Gasteiger partial charge in [0.2, 0.25) is 5.91 Å². The summed E-state index contributed by atoms with van der Waals surface area (Å²) in [4.78, 5) is 22.8. The van der Waals surface area contributed by atoms with Crippen LogP contribution in [0.25, 0.3) is 0 Å². The lowest BCUT2D eigenvalue weighted by Gasteiger charge is -2.21. The zero-order chi connectivity index (χ0) is 9.02. The molecule has 0 radical (unpaired) electrons. The number of hydrogen-bond donors (Lipinski definition) is 1. The van der Waals surface area contributed by atoms with Crippen LogP contribution in [-0.4, -0.2) is 43.0 Å². The minimum Gasteiger partial charge on any atom is -0.329 e. The molecule has 0 saturated heterocycles. The number of carbonyl (C=O) groups excluding carboxylic acids is 2. The fourth-order valence-electron chi connectivity index (χ4n) is 0.584. The van der Waals surface area contributed by atoms with E-state index in [1.54, 1.807) is 14.1 Å². The molecule has 3 amide bonds. The van der Waals surface area contributed by atoms with E-state index in [1.807, 2.05) is 0 Å². The van der Waals surface area contributed by atoms with Crippen LogP contribution in [0, 0.1) is 0 Å². The fourth-order valence-corrected chi connectivity index (χ4v) is 0.584. The molecule has 0 saturated carbocycles. The first-order valence-electron chi connectivity index (χ1n) is 3.17. The summed E-state index contributed by atoms with van der Waals surface area (Å²) in [5, 5.41) is 1.13. The third-order valence-corrected chi connectivity index (χ3v) is 0.995. The quantitative estimate of drug-likeness (QED) is 0.491. The molecular weight excluding hydrogens is 146 g/mol. The zero-order valence-corrected chi connectivity index (χ0v) is 7.21. The Kier molecular flexibility index (Phi) is 3.36. The van der Waals surface area contributed by atoms with Crippen molar-refractivity contribution >= 4 is 11.9 Å². The second-order valence-corrected chi connectivity index (χ2v) is 2.40. The van der Waals surface area contributed by atoms with Crippen LogP contribution in [0.2, 0.25) is 0 Å². The highest BCUT2D eigenvalue weighted by molar-refractivity contribution is 5.79. The van der Waals surface area contributed by atoms with Crippen LogP contribution in [0.1, 0.15) is 6.92 Å². The van der Waals surface area contributed by atoms with Crippen LogP contribution in [0.3, 0.4) is 0 Å². The van der Waals surface area contributed by atoms with Crippen LogP contribution in [0.5, 0.6) is 0 Å². The van der Waals surface area contributed by atoms with Gasteiger partial charge in [-0.1, -0.05) is 0 Å². The molecule has 0 spiro atoms. The lowest BCUT2D eigenvalue weighted by molar-refractivity contribution is -0.122. The maximum Gasteiger partial charge on any atom is 0.337 e. The second kappa shape index (κ2) is 3.80. The Morgan fingerprint density at radius 1 is 1.18 bits per heavy atom. The molecule has 0 aromatic rings. The van der Waals surface area contributed by atoms with E-state index in [4.69, 9.17) is 0 Å². The SMILES string of the molecule is CC(=O)NN(C)C(=O)N(C)C. The van der Waals surface area contributed by atoms with Gasteiger partial charge in [0.05, 0.1) is 0 Å².